The number of anilines is 2. The van der Waals surface area contributed by atoms with E-state index in [4.69, 9.17) is 11.6 Å². The van der Waals surface area contributed by atoms with Crippen molar-refractivity contribution in [1.29, 1.82) is 0 Å². The molecule has 0 atom stereocenters. The van der Waals surface area contributed by atoms with Crippen LogP contribution in [0.4, 0.5) is 11.6 Å². The lowest BCUT2D eigenvalue weighted by Gasteiger charge is -2.36. The minimum absolute atomic E-state index is 0.0778. The second-order valence-corrected chi connectivity index (χ2v) is 7.38. The number of aliphatic imine (C=N–C) groups is 1. The van der Waals surface area contributed by atoms with Gasteiger partial charge in [-0.3, -0.25) is 9.79 Å². The molecule has 1 saturated heterocycles. The van der Waals surface area contributed by atoms with Gasteiger partial charge in [0.05, 0.1) is 6.54 Å². The number of amides is 1. The Hall–Kier alpha value is -2.87. The van der Waals surface area contributed by atoms with E-state index in [9.17, 15) is 4.79 Å². The van der Waals surface area contributed by atoms with E-state index in [0.29, 0.717) is 18.0 Å². The molecule has 1 aliphatic rings. The Morgan fingerprint density at radius 1 is 1.17 bits per heavy atom. The van der Waals surface area contributed by atoms with Crippen molar-refractivity contribution in [3.8, 4) is 0 Å². The molecular formula is C21H28ClN7O. The zero-order valence-electron chi connectivity index (χ0n) is 17.4. The van der Waals surface area contributed by atoms with Gasteiger partial charge >= 0.3 is 0 Å². The number of nitrogens with one attached hydrogen (secondary N) is 2. The van der Waals surface area contributed by atoms with Gasteiger partial charge in [-0.25, -0.2) is 9.97 Å². The molecule has 2 heterocycles. The molecule has 1 aliphatic heterocycles. The lowest BCUT2D eigenvalue weighted by atomic mass is 10.2. The Balaban J connectivity index is 1.52. The van der Waals surface area contributed by atoms with Gasteiger partial charge in [-0.15, -0.1) is 0 Å². The third kappa shape index (κ3) is 5.82. The van der Waals surface area contributed by atoms with E-state index in [1.807, 2.05) is 38.1 Å². The molecule has 2 aromatic rings. The summed E-state index contributed by atoms with van der Waals surface area (Å²) in [6.07, 6.45) is 3.82. The molecule has 2 N–H and O–H groups in total. The van der Waals surface area contributed by atoms with Gasteiger partial charge in [-0.2, -0.15) is 0 Å². The van der Waals surface area contributed by atoms with Gasteiger partial charge in [0.1, 0.15) is 0 Å². The maximum Gasteiger partial charge on any atom is 0.226 e. The highest BCUT2D eigenvalue weighted by atomic mass is 35.5. The molecular weight excluding hydrogens is 402 g/mol. The molecule has 1 amide bonds. The van der Waals surface area contributed by atoms with E-state index >= 15 is 0 Å². The Kier molecular flexibility index (Phi) is 7.84. The minimum atomic E-state index is -0.0778. The lowest BCUT2D eigenvalue weighted by Crippen LogP contribution is -2.53. The number of hydrogen-bond acceptors (Lipinski definition) is 5. The Labute approximate surface area is 182 Å². The van der Waals surface area contributed by atoms with Gasteiger partial charge < -0.3 is 20.4 Å². The summed E-state index contributed by atoms with van der Waals surface area (Å²) in [5.74, 6) is 1.51. The number of carbonyl (C=O) groups excluding carboxylic acids is 1. The second-order valence-electron chi connectivity index (χ2n) is 6.97. The number of hydrogen-bond donors (Lipinski definition) is 2. The van der Waals surface area contributed by atoms with Gasteiger partial charge in [0.25, 0.3) is 0 Å². The fourth-order valence-corrected chi connectivity index (χ4v) is 3.39. The molecule has 0 bridgehead atoms. The number of carbonyl (C=O) groups is 1. The van der Waals surface area contributed by atoms with E-state index in [-0.39, 0.29) is 5.91 Å². The lowest BCUT2D eigenvalue weighted by molar-refractivity contribution is -0.116. The molecule has 30 heavy (non-hydrogen) atoms. The summed E-state index contributed by atoms with van der Waals surface area (Å²) in [7, 11) is 0. The summed E-state index contributed by atoms with van der Waals surface area (Å²) in [4.78, 5) is 30.0. The Morgan fingerprint density at radius 2 is 1.90 bits per heavy atom. The first-order valence-corrected chi connectivity index (χ1v) is 10.6. The molecule has 0 unspecified atom stereocenters. The molecule has 3 rings (SSSR count). The monoisotopic (exact) mass is 429 g/mol. The molecule has 0 aliphatic carbocycles. The number of nitrogens with zero attached hydrogens (tertiary/aromatic N) is 5. The first-order valence-electron chi connectivity index (χ1n) is 10.2. The van der Waals surface area contributed by atoms with Crippen LogP contribution >= 0.6 is 11.6 Å². The maximum atomic E-state index is 12.3. The van der Waals surface area contributed by atoms with E-state index < -0.39 is 0 Å². The molecule has 1 aromatic heterocycles. The molecule has 0 spiro atoms. The Bertz CT molecular complexity index is 867. The van der Waals surface area contributed by atoms with Gasteiger partial charge in [-0.05, 0) is 37.6 Å². The van der Waals surface area contributed by atoms with Crippen LogP contribution in [0.5, 0.6) is 0 Å². The molecule has 160 valence electrons. The largest absolute Gasteiger partial charge is 0.357 e. The molecule has 9 heteroatoms. The van der Waals surface area contributed by atoms with Crippen LogP contribution in [0.3, 0.4) is 0 Å². The number of guanidine groups is 1. The average Bonchev–Trinajstić information content (AvgIpc) is 2.77. The van der Waals surface area contributed by atoms with Crippen LogP contribution in [-0.2, 0) is 4.79 Å². The van der Waals surface area contributed by atoms with Gasteiger partial charge in [0.15, 0.2) is 5.96 Å². The SMILES string of the molecule is CCNC(=NCCC(=O)Nc1cccc(Cl)c1C)N1CCN(c2ncccn2)CC1. The standard InChI is InChI=1S/C21H28ClN7O/c1-3-23-20(28-12-14-29(15-13-28)21-24-9-5-10-25-21)26-11-8-19(30)27-18-7-4-6-17(22)16(18)2/h4-7,9-10H,3,8,11-15H2,1-2H3,(H,23,26)(H,27,30). The van der Waals surface area contributed by atoms with Crippen molar-refractivity contribution in [1.82, 2.24) is 20.2 Å². The van der Waals surface area contributed by atoms with Crippen molar-refractivity contribution in [3.05, 3.63) is 47.2 Å². The fourth-order valence-electron chi connectivity index (χ4n) is 3.22. The van der Waals surface area contributed by atoms with Crippen LogP contribution in [0.2, 0.25) is 5.02 Å². The summed E-state index contributed by atoms with van der Waals surface area (Å²) in [6, 6.07) is 7.30. The highest BCUT2D eigenvalue weighted by molar-refractivity contribution is 6.31. The summed E-state index contributed by atoms with van der Waals surface area (Å²) in [5, 5.41) is 6.88. The number of aromatic nitrogens is 2. The van der Waals surface area contributed by atoms with Crippen LogP contribution < -0.4 is 15.5 Å². The van der Waals surface area contributed by atoms with Crippen LogP contribution in [0.25, 0.3) is 0 Å². The van der Waals surface area contributed by atoms with Crippen molar-refractivity contribution >= 4 is 35.1 Å². The van der Waals surface area contributed by atoms with Crippen molar-refractivity contribution in [3.63, 3.8) is 0 Å². The summed E-state index contributed by atoms with van der Waals surface area (Å²) in [5.41, 5.74) is 1.60. The highest BCUT2D eigenvalue weighted by Crippen LogP contribution is 2.22. The first-order chi connectivity index (χ1) is 14.6. The third-order valence-electron chi connectivity index (χ3n) is 4.89. The van der Waals surface area contributed by atoms with Crippen molar-refractivity contribution < 1.29 is 4.79 Å². The topological polar surface area (TPSA) is 85.8 Å². The maximum absolute atomic E-state index is 12.3. The highest BCUT2D eigenvalue weighted by Gasteiger charge is 2.21. The van der Waals surface area contributed by atoms with Crippen LogP contribution in [-0.4, -0.2) is 66.0 Å². The fraction of sp³-hybridized carbons (Fsp3) is 0.429. The zero-order chi connectivity index (χ0) is 21.3. The van der Waals surface area contributed by atoms with Gasteiger partial charge in [0.2, 0.25) is 11.9 Å². The van der Waals surface area contributed by atoms with Crippen LogP contribution in [0, 0.1) is 6.92 Å². The van der Waals surface area contributed by atoms with Gasteiger partial charge in [-0.1, -0.05) is 17.7 Å². The Morgan fingerprint density at radius 3 is 2.60 bits per heavy atom. The van der Waals surface area contributed by atoms with Crippen LogP contribution in [0.1, 0.15) is 18.9 Å². The van der Waals surface area contributed by atoms with Crippen molar-refractivity contribution in [2.45, 2.75) is 20.3 Å². The number of piperazine rings is 1. The number of benzene rings is 1. The third-order valence-corrected chi connectivity index (χ3v) is 5.30. The molecule has 1 fully saturated rings. The molecule has 1 aromatic carbocycles. The molecule has 0 radical (unpaired) electrons. The second kappa shape index (κ2) is 10.8. The summed E-state index contributed by atoms with van der Waals surface area (Å²) < 4.78 is 0. The average molecular weight is 430 g/mol. The number of rotatable bonds is 6. The normalized spacial score (nSPS) is 14.6. The zero-order valence-corrected chi connectivity index (χ0v) is 18.2. The number of halogens is 1. The molecule has 0 saturated carbocycles. The van der Waals surface area contributed by atoms with Crippen LogP contribution in [0.15, 0.2) is 41.7 Å². The quantitative estimate of drug-likeness (QED) is 0.542. The predicted molar refractivity (Wildman–Crippen MR) is 121 cm³/mol. The minimum Gasteiger partial charge on any atom is -0.357 e. The first kappa shape index (κ1) is 21.8. The smallest absolute Gasteiger partial charge is 0.226 e. The van der Waals surface area contributed by atoms with Crippen molar-refractivity contribution in [2.24, 2.45) is 4.99 Å². The summed E-state index contributed by atoms with van der Waals surface area (Å²) >= 11 is 6.12. The summed E-state index contributed by atoms with van der Waals surface area (Å²) in [6.45, 7) is 8.39. The predicted octanol–water partition coefficient (Wildman–Crippen LogP) is 2.55. The van der Waals surface area contributed by atoms with E-state index in [0.717, 1.165) is 55.9 Å². The van der Waals surface area contributed by atoms with Gasteiger partial charge in [0, 0.05) is 62.2 Å². The van der Waals surface area contributed by atoms with E-state index in [2.05, 4.69) is 35.4 Å². The van der Waals surface area contributed by atoms with Crippen molar-refractivity contribution in [2.75, 3.05) is 49.5 Å². The van der Waals surface area contributed by atoms with E-state index in [1.165, 1.54) is 0 Å². The molecule has 8 nitrogen and oxygen atoms in total. The van der Waals surface area contributed by atoms with E-state index in [1.54, 1.807) is 12.4 Å².